The van der Waals surface area contributed by atoms with Crippen LogP contribution in [-0.2, 0) is 0 Å². The number of carbonyl (C=O) groups is 1. The Morgan fingerprint density at radius 1 is 1.19 bits per heavy atom. The lowest BCUT2D eigenvalue weighted by molar-refractivity contribution is -0.384. The Morgan fingerprint density at radius 2 is 1.81 bits per heavy atom. The summed E-state index contributed by atoms with van der Waals surface area (Å²) in [5.41, 5.74) is 5.10. The number of nitrogens with one attached hydrogen (secondary N) is 1. The summed E-state index contributed by atoms with van der Waals surface area (Å²) < 4.78 is 10.8. The molecule has 0 saturated carbocycles. The number of non-ortho nitro benzene ring substituents is 1. The molecule has 0 radical (unpaired) electrons. The number of hydrogen-bond donors (Lipinski definition) is 2. The minimum Gasteiger partial charge on any atom is -0.497 e. The van der Waals surface area contributed by atoms with Gasteiger partial charge in [0.15, 0.2) is 0 Å². The zero-order valence-corrected chi connectivity index (χ0v) is 14.8. The van der Waals surface area contributed by atoms with Gasteiger partial charge in [-0.05, 0) is 44.2 Å². The summed E-state index contributed by atoms with van der Waals surface area (Å²) in [6.45, 7) is 3.72. The molecule has 0 unspecified atom stereocenters. The van der Waals surface area contributed by atoms with Crippen LogP contribution < -0.4 is 20.5 Å². The normalized spacial score (nSPS) is 10.9. The summed E-state index contributed by atoms with van der Waals surface area (Å²) in [5, 5.41) is 13.7. The standard InChI is InChI=1S/C18H21N3O5/c1-18(2,19)11-20-17(22)15-10-12(21(23)24)4-9-16(15)26-14-7-5-13(25-3)6-8-14/h4-10H,11,19H2,1-3H3,(H,20,22). The molecule has 26 heavy (non-hydrogen) atoms. The molecule has 0 fully saturated rings. The highest BCUT2D eigenvalue weighted by Crippen LogP contribution is 2.29. The van der Waals surface area contributed by atoms with E-state index >= 15 is 0 Å². The van der Waals surface area contributed by atoms with Crippen LogP contribution in [0.3, 0.4) is 0 Å². The van der Waals surface area contributed by atoms with Crippen molar-refractivity contribution in [2.75, 3.05) is 13.7 Å². The van der Waals surface area contributed by atoms with Crippen molar-refractivity contribution in [2.24, 2.45) is 5.73 Å². The fourth-order valence-electron chi connectivity index (χ4n) is 2.07. The van der Waals surface area contributed by atoms with Crippen LogP contribution in [0.4, 0.5) is 5.69 Å². The van der Waals surface area contributed by atoms with Crippen molar-refractivity contribution in [1.29, 1.82) is 0 Å². The molecule has 0 aromatic heterocycles. The van der Waals surface area contributed by atoms with Crippen LogP contribution in [-0.4, -0.2) is 30.0 Å². The molecule has 138 valence electrons. The molecule has 0 saturated heterocycles. The van der Waals surface area contributed by atoms with Crippen LogP contribution in [0, 0.1) is 10.1 Å². The van der Waals surface area contributed by atoms with Crippen LogP contribution in [0.5, 0.6) is 17.2 Å². The van der Waals surface area contributed by atoms with Crippen molar-refractivity contribution in [3.8, 4) is 17.2 Å². The van der Waals surface area contributed by atoms with Gasteiger partial charge in [0.25, 0.3) is 11.6 Å². The molecule has 0 spiro atoms. The lowest BCUT2D eigenvalue weighted by Crippen LogP contribution is -2.45. The van der Waals surface area contributed by atoms with Gasteiger partial charge in [-0.2, -0.15) is 0 Å². The van der Waals surface area contributed by atoms with Crippen molar-refractivity contribution < 1.29 is 19.2 Å². The van der Waals surface area contributed by atoms with E-state index in [1.54, 1.807) is 45.2 Å². The third kappa shape index (κ3) is 5.18. The molecule has 0 bridgehead atoms. The Labute approximate surface area is 151 Å². The third-order valence-electron chi connectivity index (χ3n) is 3.41. The first-order chi connectivity index (χ1) is 12.2. The maximum atomic E-state index is 12.5. The molecule has 1 amide bonds. The van der Waals surface area contributed by atoms with E-state index in [2.05, 4.69) is 5.32 Å². The highest BCUT2D eigenvalue weighted by Gasteiger charge is 2.20. The summed E-state index contributed by atoms with van der Waals surface area (Å²) >= 11 is 0. The van der Waals surface area contributed by atoms with Crippen molar-refractivity contribution in [2.45, 2.75) is 19.4 Å². The van der Waals surface area contributed by atoms with Gasteiger partial charge in [-0.1, -0.05) is 0 Å². The van der Waals surface area contributed by atoms with Crippen LogP contribution >= 0.6 is 0 Å². The Balaban J connectivity index is 2.31. The van der Waals surface area contributed by atoms with E-state index in [-0.39, 0.29) is 23.5 Å². The van der Waals surface area contributed by atoms with E-state index in [9.17, 15) is 14.9 Å². The molecule has 8 nitrogen and oxygen atoms in total. The van der Waals surface area contributed by atoms with Crippen LogP contribution in [0.25, 0.3) is 0 Å². The fraction of sp³-hybridized carbons (Fsp3) is 0.278. The van der Waals surface area contributed by atoms with Crippen LogP contribution in [0.2, 0.25) is 0 Å². The second-order valence-corrected chi connectivity index (χ2v) is 6.39. The summed E-state index contributed by atoms with van der Waals surface area (Å²) in [6, 6.07) is 10.6. The average molecular weight is 359 g/mol. The molecule has 2 aromatic rings. The third-order valence-corrected chi connectivity index (χ3v) is 3.41. The Hall–Kier alpha value is -3.13. The van der Waals surface area contributed by atoms with Gasteiger partial charge >= 0.3 is 0 Å². The number of rotatable bonds is 7. The predicted octanol–water partition coefficient (Wildman–Crippen LogP) is 2.86. The number of hydrogen-bond acceptors (Lipinski definition) is 6. The lowest BCUT2D eigenvalue weighted by Gasteiger charge is -2.19. The van der Waals surface area contributed by atoms with E-state index in [0.717, 1.165) is 0 Å². The van der Waals surface area contributed by atoms with Gasteiger partial charge in [0.05, 0.1) is 17.6 Å². The monoisotopic (exact) mass is 359 g/mol. The Bertz CT molecular complexity index is 797. The highest BCUT2D eigenvalue weighted by molar-refractivity contribution is 5.97. The van der Waals surface area contributed by atoms with Crippen LogP contribution in [0.15, 0.2) is 42.5 Å². The molecular formula is C18H21N3O5. The maximum Gasteiger partial charge on any atom is 0.270 e. The van der Waals surface area contributed by atoms with E-state index < -0.39 is 16.4 Å². The van der Waals surface area contributed by atoms with Gasteiger partial charge in [-0.25, -0.2) is 0 Å². The minimum atomic E-state index is -0.618. The van der Waals surface area contributed by atoms with E-state index in [4.69, 9.17) is 15.2 Å². The predicted molar refractivity (Wildman–Crippen MR) is 96.8 cm³/mol. The van der Waals surface area contributed by atoms with Crippen molar-refractivity contribution in [3.63, 3.8) is 0 Å². The molecule has 0 atom stereocenters. The number of benzene rings is 2. The Kier molecular flexibility index (Phi) is 5.78. The number of ether oxygens (including phenoxy) is 2. The number of methoxy groups -OCH3 is 1. The van der Waals surface area contributed by atoms with Gasteiger partial charge < -0.3 is 20.5 Å². The molecule has 2 rings (SSSR count). The van der Waals surface area contributed by atoms with E-state index in [0.29, 0.717) is 11.5 Å². The summed E-state index contributed by atoms with van der Waals surface area (Å²) in [6.07, 6.45) is 0. The fourth-order valence-corrected chi connectivity index (χ4v) is 2.07. The minimum absolute atomic E-state index is 0.0549. The van der Waals surface area contributed by atoms with Gasteiger partial charge in [0.1, 0.15) is 17.2 Å². The molecule has 0 aliphatic carbocycles. The first-order valence-corrected chi connectivity index (χ1v) is 7.87. The molecule has 0 aliphatic rings. The van der Waals surface area contributed by atoms with Crippen molar-refractivity contribution in [1.82, 2.24) is 5.32 Å². The van der Waals surface area contributed by atoms with Gasteiger partial charge in [0.2, 0.25) is 0 Å². The van der Waals surface area contributed by atoms with Gasteiger partial charge in [-0.15, -0.1) is 0 Å². The molecule has 8 heteroatoms. The quantitative estimate of drug-likeness (QED) is 0.580. The molecule has 2 aromatic carbocycles. The zero-order valence-electron chi connectivity index (χ0n) is 14.8. The van der Waals surface area contributed by atoms with Gasteiger partial charge in [0, 0.05) is 24.2 Å². The molecular weight excluding hydrogens is 338 g/mol. The van der Waals surface area contributed by atoms with Gasteiger partial charge in [-0.3, -0.25) is 14.9 Å². The topological polar surface area (TPSA) is 117 Å². The second-order valence-electron chi connectivity index (χ2n) is 6.39. The molecule has 0 aliphatic heterocycles. The summed E-state index contributed by atoms with van der Waals surface area (Å²) in [7, 11) is 1.55. The first kappa shape index (κ1) is 19.2. The van der Waals surface area contributed by atoms with E-state index in [1.165, 1.54) is 18.2 Å². The Morgan fingerprint density at radius 3 is 2.35 bits per heavy atom. The molecule has 0 heterocycles. The average Bonchev–Trinajstić information content (AvgIpc) is 2.60. The SMILES string of the molecule is COc1ccc(Oc2ccc([N+](=O)[O-])cc2C(=O)NCC(C)(C)N)cc1. The van der Waals surface area contributed by atoms with Crippen molar-refractivity contribution >= 4 is 11.6 Å². The molecule has 3 N–H and O–H groups in total. The first-order valence-electron chi connectivity index (χ1n) is 7.87. The number of carbonyl (C=O) groups excluding carboxylic acids is 1. The smallest absolute Gasteiger partial charge is 0.270 e. The number of nitro groups is 1. The largest absolute Gasteiger partial charge is 0.497 e. The lowest BCUT2D eigenvalue weighted by atomic mass is 10.1. The maximum absolute atomic E-state index is 12.5. The number of nitro benzene ring substituents is 1. The number of amides is 1. The number of nitrogens with two attached hydrogens (primary N) is 1. The summed E-state index contributed by atoms with van der Waals surface area (Å²) in [4.78, 5) is 23.0. The van der Waals surface area contributed by atoms with Crippen molar-refractivity contribution in [3.05, 3.63) is 58.1 Å². The highest BCUT2D eigenvalue weighted by atomic mass is 16.6. The van der Waals surface area contributed by atoms with E-state index in [1.807, 2.05) is 0 Å². The number of nitrogens with zero attached hydrogens (tertiary/aromatic N) is 1. The zero-order chi connectivity index (χ0) is 19.3. The second kappa shape index (κ2) is 7.83. The van der Waals surface area contributed by atoms with Crippen LogP contribution in [0.1, 0.15) is 24.2 Å². The summed E-state index contributed by atoms with van der Waals surface area (Å²) in [5.74, 6) is 0.820.